The number of anilines is 2. The highest BCUT2D eigenvalue weighted by molar-refractivity contribution is 5.90. The second-order valence-corrected chi connectivity index (χ2v) is 7.37. The maximum atomic E-state index is 13.0. The van der Waals surface area contributed by atoms with Crippen LogP contribution in [-0.4, -0.2) is 44.5 Å². The lowest BCUT2D eigenvalue weighted by molar-refractivity contribution is 0.246. The van der Waals surface area contributed by atoms with E-state index in [4.69, 9.17) is 0 Å². The maximum absolute atomic E-state index is 13.0. The number of urea groups is 1. The summed E-state index contributed by atoms with van der Waals surface area (Å²) in [6.07, 6.45) is 5.21. The number of carbonyl (C=O) groups excluding carboxylic acids is 1. The number of amides is 2. The molecule has 1 saturated heterocycles. The van der Waals surface area contributed by atoms with Crippen LogP contribution >= 0.6 is 0 Å². The molecule has 1 aliphatic heterocycles. The topological polar surface area (TPSA) is 97.1 Å². The Morgan fingerprint density at radius 2 is 1.87 bits per heavy atom. The van der Waals surface area contributed by atoms with Gasteiger partial charge in [-0.25, -0.2) is 19.4 Å². The van der Waals surface area contributed by atoms with E-state index in [2.05, 4.69) is 25.5 Å². The van der Waals surface area contributed by atoms with Crippen molar-refractivity contribution < 1.29 is 4.79 Å². The van der Waals surface area contributed by atoms with Gasteiger partial charge in [-0.3, -0.25) is 9.48 Å². The fourth-order valence-electron chi connectivity index (χ4n) is 3.78. The van der Waals surface area contributed by atoms with Gasteiger partial charge in [0.1, 0.15) is 5.69 Å². The number of carbonyl (C=O) groups is 1. The summed E-state index contributed by atoms with van der Waals surface area (Å²) in [7, 11) is 1.80. The highest BCUT2D eigenvalue weighted by Crippen LogP contribution is 2.16. The Bertz CT molecular complexity index is 1080. The normalized spacial score (nSPS) is 16.3. The largest absolute Gasteiger partial charge is 0.339 e. The van der Waals surface area contributed by atoms with E-state index in [1.54, 1.807) is 34.9 Å². The maximum Gasteiger partial charge on any atom is 0.319 e. The molecule has 0 radical (unpaired) electrons. The number of para-hydroxylation sites is 1. The summed E-state index contributed by atoms with van der Waals surface area (Å²) in [6.45, 7) is 3.29. The molecule has 1 fully saturated rings. The van der Waals surface area contributed by atoms with Crippen molar-refractivity contribution in [3.8, 4) is 5.69 Å². The van der Waals surface area contributed by atoms with Crippen LogP contribution in [0.15, 0.2) is 53.6 Å². The molecule has 2 amide bonds. The summed E-state index contributed by atoms with van der Waals surface area (Å²) >= 11 is 0. The average molecular weight is 407 g/mol. The van der Waals surface area contributed by atoms with Gasteiger partial charge in [0.05, 0.1) is 11.4 Å². The second kappa shape index (κ2) is 8.40. The van der Waals surface area contributed by atoms with Crippen molar-refractivity contribution in [2.75, 3.05) is 23.3 Å². The van der Waals surface area contributed by atoms with Crippen LogP contribution in [0.1, 0.15) is 18.5 Å². The standard InChI is InChI=1S/C21H25N7O2/c1-15-18(19(29)28(26(15)2)17-9-4-3-5-10-17)25-21(30)24-16-8-6-13-27(14-16)20-22-11-7-12-23-20/h3-5,7,9-12,16H,6,8,13-14H2,1-2H3,(H2,24,25,30). The van der Waals surface area contributed by atoms with Crippen LogP contribution in [0.4, 0.5) is 16.4 Å². The summed E-state index contributed by atoms with van der Waals surface area (Å²) in [6, 6.07) is 10.7. The van der Waals surface area contributed by atoms with Crippen molar-refractivity contribution in [2.24, 2.45) is 7.05 Å². The van der Waals surface area contributed by atoms with E-state index in [1.807, 2.05) is 37.3 Å². The predicted molar refractivity (Wildman–Crippen MR) is 115 cm³/mol. The van der Waals surface area contributed by atoms with Gasteiger partial charge in [0.15, 0.2) is 0 Å². The minimum Gasteiger partial charge on any atom is -0.339 e. The van der Waals surface area contributed by atoms with Gasteiger partial charge in [-0.1, -0.05) is 18.2 Å². The molecule has 0 bridgehead atoms. The summed E-state index contributed by atoms with van der Waals surface area (Å²) in [5.41, 5.74) is 1.44. The Morgan fingerprint density at radius 1 is 1.13 bits per heavy atom. The fourth-order valence-corrected chi connectivity index (χ4v) is 3.78. The van der Waals surface area contributed by atoms with Crippen LogP contribution < -0.4 is 21.1 Å². The van der Waals surface area contributed by atoms with Crippen LogP contribution in [-0.2, 0) is 7.05 Å². The number of nitrogens with zero attached hydrogens (tertiary/aromatic N) is 5. The van der Waals surface area contributed by atoms with Gasteiger partial charge in [0, 0.05) is 38.6 Å². The molecule has 1 unspecified atom stereocenters. The zero-order valence-electron chi connectivity index (χ0n) is 17.1. The highest BCUT2D eigenvalue weighted by Gasteiger charge is 2.24. The summed E-state index contributed by atoms with van der Waals surface area (Å²) in [5, 5.41) is 5.74. The van der Waals surface area contributed by atoms with E-state index < -0.39 is 0 Å². The van der Waals surface area contributed by atoms with Crippen LogP contribution in [0.3, 0.4) is 0 Å². The Labute approximate surface area is 174 Å². The molecular formula is C21H25N7O2. The van der Waals surface area contributed by atoms with Gasteiger partial charge in [0.2, 0.25) is 5.95 Å². The average Bonchev–Trinajstić information content (AvgIpc) is 2.98. The third kappa shape index (κ3) is 3.91. The van der Waals surface area contributed by atoms with E-state index in [0.717, 1.165) is 25.1 Å². The summed E-state index contributed by atoms with van der Waals surface area (Å²) in [5.74, 6) is 0.661. The van der Waals surface area contributed by atoms with Crippen molar-refractivity contribution in [3.05, 3.63) is 64.8 Å². The van der Waals surface area contributed by atoms with Gasteiger partial charge < -0.3 is 15.5 Å². The van der Waals surface area contributed by atoms with Crippen molar-refractivity contribution in [1.82, 2.24) is 24.6 Å². The number of nitrogens with one attached hydrogen (secondary N) is 2. The van der Waals surface area contributed by atoms with Gasteiger partial charge in [-0.05, 0) is 38.0 Å². The van der Waals surface area contributed by atoms with Crippen LogP contribution in [0.25, 0.3) is 5.69 Å². The molecular weight excluding hydrogens is 382 g/mol. The van der Waals surface area contributed by atoms with Crippen LogP contribution in [0.2, 0.25) is 0 Å². The highest BCUT2D eigenvalue weighted by atomic mass is 16.2. The molecule has 2 aromatic heterocycles. The van der Waals surface area contributed by atoms with E-state index in [0.29, 0.717) is 18.2 Å². The Morgan fingerprint density at radius 3 is 2.60 bits per heavy atom. The van der Waals surface area contributed by atoms with E-state index in [9.17, 15) is 9.59 Å². The van der Waals surface area contributed by atoms with Crippen molar-refractivity contribution in [2.45, 2.75) is 25.8 Å². The zero-order chi connectivity index (χ0) is 21.1. The molecule has 156 valence electrons. The number of piperidine rings is 1. The van der Waals surface area contributed by atoms with Crippen molar-refractivity contribution >= 4 is 17.7 Å². The Balaban J connectivity index is 1.46. The SMILES string of the molecule is Cc1c(NC(=O)NC2CCCN(c3ncccn3)C2)c(=O)n(-c2ccccc2)n1C. The van der Waals surface area contributed by atoms with Crippen LogP contribution in [0.5, 0.6) is 0 Å². The monoisotopic (exact) mass is 407 g/mol. The number of aromatic nitrogens is 4. The van der Waals surface area contributed by atoms with Gasteiger partial charge in [-0.15, -0.1) is 0 Å². The first-order valence-electron chi connectivity index (χ1n) is 9.98. The molecule has 3 aromatic rings. The molecule has 3 heterocycles. The predicted octanol–water partition coefficient (Wildman–Crippen LogP) is 2.06. The third-order valence-corrected chi connectivity index (χ3v) is 5.38. The minimum atomic E-state index is -0.387. The lowest BCUT2D eigenvalue weighted by Gasteiger charge is -2.33. The number of hydrogen-bond acceptors (Lipinski definition) is 5. The molecule has 1 aliphatic rings. The van der Waals surface area contributed by atoms with Gasteiger partial charge >= 0.3 is 6.03 Å². The zero-order valence-corrected chi connectivity index (χ0v) is 17.1. The molecule has 0 aliphatic carbocycles. The quantitative estimate of drug-likeness (QED) is 0.690. The molecule has 2 N–H and O–H groups in total. The third-order valence-electron chi connectivity index (χ3n) is 5.38. The molecule has 9 heteroatoms. The van der Waals surface area contributed by atoms with E-state index >= 15 is 0 Å². The van der Waals surface area contributed by atoms with E-state index in [-0.39, 0.29) is 23.3 Å². The molecule has 1 atom stereocenters. The first-order valence-corrected chi connectivity index (χ1v) is 9.98. The first-order chi connectivity index (χ1) is 14.5. The lowest BCUT2D eigenvalue weighted by Crippen LogP contribution is -2.49. The van der Waals surface area contributed by atoms with Crippen molar-refractivity contribution in [1.29, 1.82) is 0 Å². The van der Waals surface area contributed by atoms with Gasteiger partial charge in [0.25, 0.3) is 5.56 Å². The number of rotatable bonds is 4. The summed E-state index contributed by atoms with van der Waals surface area (Å²) < 4.78 is 3.28. The number of benzene rings is 1. The Kier molecular flexibility index (Phi) is 5.51. The molecule has 0 saturated carbocycles. The molecule has 0 spiro atoms. The minimum absolute atomic E-state index is 0.0528. The van der Waals surface area contributed by atoms with Crippen molar-refractivity contribution in [3.63, 3.8) is 0 Å². The lowest BCUT2D eigenvalue weighted by atomic mass is 10.1. The molecule has 30 heavy (non-hydrogen) atoms. The number of hydrogen-bond donors (Lipinski definition) is 2. The molecule has 1 aromatic carbocycles. The van der Waals surface area contributed by atoms with E-state index in [1.165, 1.54) is 0 Å². The van der Waals surface area contributed by atoms with Gasteiger partial charge in [-0.2, -0.15) is 0 Å². The fraction of sp³-hybridized carbons (Fsp3) is 0.333. The smallest absolute Gasteiger partial charge is 0.319 e. The second-order valence-electron chi connectivity index (χ2n) is 7.37. The first kappa shape index (κ1) is 19.7. The molecule has 9 nitrogen and oxygen atoms in total. The van der Waals surface area contributed by atoms with Crippen LogP contribution in [0, 0.1) is 6.92 Å². The molecule has 4 rings (SSSR count). The Hall–Kier alpha value is -3.62. The summed E-state index contributed by atoms with van der Waals surface area (Å²) in [4.78, 5) is 36.2.